The molecule has 1 heterocycles. The Morgan fingerprint density at radius 3 is 2.34 bits per heavy atom. The van der Waals surface area contributed by atoms with Gasteiger partial charge in [-0.25, -0.2) is 4.68 Å². The van der Waals surface area contributed by atoms with Crippen molar-refractivity contribution in [2.24, 2.45) is 0 Å². The number of benzene rings is 2. The molecule has 9 heteroatoms. The second-order valence-corrected chi connectivity index (χ2v) is 5.97. The maximum atomic E-state index is 12.6. The van der Waals surface area contributed by atoms with Crippen molar-refractivity contribution >= 4 is 11.6 Å². The number of anilines is 1. The lowest BCUT2D eigenvalue weighted by Gasteiger charge is -2.10. The van der Waals surface area contributed by atoms with E-state index >= 15 is 0 Å². The van der Waals surface area contributed by atoms with E-state index in [-0.39, 0.29) is 24.5 Å². The molecule has 2 aromatic carbocycles. The molecule has 0 radical (unpaired) electrons. The highest BCUT2D eigenvalue weighted by Crippen LogP contribution is 2.29. The zero-order chi connectivity index (χ0) is 20.9. The van der Waals surface area contributed by atoms with Crippen LogP contribution in [0.5, 0.6) is 5.75 Å². The van der Waals surface area contributed by atoms with E-state index in [4.69, 9.17) is 4.74 Å². The van der Waals surface area contributed by atoms with Crippen LogP contribution in [0.4, 0.5) is 18.9 Å². The van der Waals surface area contributed by atoms with Crippen molar-refractivity contribution in [2.45, 2.75) is 12.7 Å². The molecule has 29 heavy (non-hydrogen) atoms. The van der Waals surface area contributed by atoms with E-state index in [1.807, 2.05) is 18.2 Å². The fraction of sp³-hybridized carbons (Fsp3) is 0.150. The third kappa shape index (κ3) is 5.44. The highest BCUT2D eigenvalue weighted by molar-refractivity contribution is 6.02. The first-order valence-electron chi connectivity index (χ1n) is 8.57. The number of ether oxygens (including phenoxy) is 1. The summed E-state index contributed by atoms with van der Waals surface area (Å²) in [6.07, 6.45) is -4.46. The number of hydrogen-bond donors (Lipinski definition) is 1. The van der Waals surface area contributed by atoms with E-state index in [1.165, 1.54) is 12.1 Å². The summed E-state index contributed by atoms with van der Waals surface area (Å²) >= 11 is 0. The van der Waals surface area contributed by atoms with Gasteiger partial charge in [0.15, 0.2) is 0 Å². The second-order valence-electron chi connectivity index (χ2n) is 5.97. The first kappa shape index (κ1) is 20.1. The number of nitrogens with one attached hydrogen (secondary N) is 1. The molecule has 150 valence electrons. The molecule has 0 fully saturated rings. The van der Waals surface area contributed by atoms with E-state index in [9.17, 15) is 22.8 Å². The van der Waals surface area contributed by atoms with Crippen LogP contribution in [0.2, 0.25) is 0 Å². The van der Waals surface area contributed by atoms with Crippen molar-refractivity contribution in [1.29, 1.82) is 0 Å². The van der Waals surface area contributed by atoms with Crippen molar-refractivity contribution in [2.75, 3.05) is 11.9 Å². The molecule has 0 aliphatic rings. The Balaban J connectivity index is 1.65. The van der Waals surface area contributed by atoms with Crippen molar-refractivity contribution in [1.82, 2.24) is 9.78 Å². The molecule has 6 nitrogen and oxygen atoms in total. The predicted molar refractivity (Wildman–Crippen MR) is 99.8 cm³/mol. The maximum Gasteiger partial charge on any atom is 0.416 e. The number of rotatable bonds is 6. The molecule has 1 amide bonds. The van der Waals surface area contributed by atoms with E-state index < -0.39 is 23.2 Å². The van der Waals surface area contributed by atoms with E-state index in [0.717, 1.165) is 28.9 Å². The van der Waals surface area contributed by atoms with Gasteiger partial charge in [-0.1, -0.05) is 18.2 Å². The van der Waals surface area contributed by atoms with Gasteiger partial charge in [-0.2, -0.15) is 18.3 Å². The van der Waals surface area contributed by atoms with E-state index in [1.54, 1.807) is 12.1 Å². The SMILES string of the molecule is O=C(Nc1ccc(C(F)(F)F)cc1)c1ccc(=O)n(CCOc2ccccc2)n1. The van der Waals surface area contributed by atoms with Crippen LogP contribution in [0, 0.1) is 0 Å². The average molecular weight is 403 g/mol. The number of para-hydroxylation sites is 1. The minimum atomic E-state index is -4.46. The highest BCUT2D eigenvalue weighted by atomic mass is 19.4. The van der Waals surface area contributed by atoms with Gasteiger partial charge in [0.2, 0.25) is 0 Å². The van der Waals surface area contributed by atoms with Gasteiger partial charge in [-0.15, -0.1) is 0 Å². The number of alkyl halides is 3. The summed E-state index contributed by atoms with van der Waals surface area (Å²) in [4.78, 5) is 24.2. The summed E-state index contributed by atoms with van der Waals surface area (Å²) in [5.41, 5.74) is -1.10. The molecule has 3 rings (SSSR count). The van der Waals surface area contributed by atoms with Crippen LogP contribution in [0.25, 0.3) is 0 Å². The second kappa shape index (κ2) is 8.59. The van der Waals surface area contributed by atoms with Gasteiger partial charge in [0.05, 0.1) is 12.1 Å². The Hall–Kier alpha value is -3.62. The Morgan fingerprint density at radius 1 is 1.00 bits per heavy atom. The average Bonchev–Trinajstić information content (AvgIpc) is 2.70. The van der Waals surface area contributed by atoms with Crippen molar-refractivity contribution < 1.29 is 22.7 Å². The van der Waals surface area contributed by atoms with Crippen molar-refractivity contribution in [3.8, 4) is 5.75 Å². The molecule has 1 N–H and O–H groups in total. The van der Waals surface area contributed by atoms with Gasteiger partial charge in [-0.05, 0) is 42.5 Å². The van der Waals surface area contributed by atoms with Crippen LogP contribution >= 0.6 is 0 Å². The maximum absolute atomic E-state index is 12.6. The summed E-state index contributed by atoms with van der Waals surface area (Å²) in [5.74, 6) is -0.0146. The van der Waals surface area contributed by atoms with E-state index in [0.29, 0.717) is 5.75 Å². The van der Waals surface area contributed by atoms with Crippen LogP contribution in [-0.4, -0.2) is 22.3 Å². The number of amides is 1. The fourth-order valence-electron chi connectivity index (χ4n) is 2.43. The normalized spacial score (nSPS) is 11.1. The first-order valence-corrected chi connectivity index (χ1v) is 8.57. The highest BCUT2D eigenvalue weighted by Gasteiger charge is 2.30. The Morgan fingerprint density at radius 2 is 1.69 bits per heavy atom. The third-order valence-corrected chi connectivity index (χ3v) is 3.88. The van der Waals surface area contributed by atoms with Crippen LogP contribution in [0.15, 0.2) is 71.5 Å². The van der Waals surface area contributed by atoms with Gasteiger partial charge in [0.25, 0.3) is 11.5 Å². The zero-order valence-electron chi connectivity index (χ0n) is 15.0. The molecule has 0 aliphatic heterocycles. The van der Waals surface area contributed by atoms with Crippen LogP contribution in [0.1, 0.15) is 16.1 Å². The van der Waals surface area contributed by atoms with Crippen molar-refractivity contribution in [3.63, 3.8) is 0 Å². The molecule has 0 saturated heterocycles. The monoisotopic (exact) mass is 403 g/mol. The Kier molecular flexibility index (Phi) is 5.96. The predicted octanol–water partition coefficient (Wildman–Crippen LogP) is 3.59. The Labute approximate surface area is 163 Å². The number of nitrogens with zero attached hydrogens (tertiary/aromatic N) is 2. The lowest BCUT2D eigenvalue weighted by atomic mass is 10.2. The minimum Gasteiger partial charge on any atom is -0.492 e. The number of carbonyl (C=O) groups excluding carboxylic acids is 1. The smallest absolute Gasteiger partial charge is 0.416 e. The first-order chi connectivity index (χ1) is 13.8. The number of carbonyl (C=O) groups is 1. The van der Waals surface area contributed by atoms with Gasteiger partial charge in [-0.3, -0.25) is 9.59 Å². The molecule has 0 atom stereocenters. The van der Waals surface area contributed by atoms with Crippen molar-refractivity contribution in [3.05, 3.63) is 88.3 Å². The fourth-order valence-corrected chi connectivity index (χ4v) is 2.43. The van der Waals surface area contributed by atoms with Gasteiger partial charge in [0, 0.05) is 11.8 Å². The van der Waals surface area contributed by atoms with Gasteiger partial charge >= 0.3 is 6.18 Å². The molecule has 0 spiro atoms. The van der Waals surface area contributed by atoms with Crippen LogP contribution < -0.4 is 15.6 Å². The summed E-state index contributed by atoms with van der Waals surface area (Å²) in [7, 11) is 0. The lowest BCUT2D eigenvalue weighted by molar-refractivity contribution is -0.137. The standard InChI is InChI=1S/C20H16F3N3O3/c21-20(22,23)14-6-8-15(9-7-14)24-19(28)17-10-11-18(27)26(25-17)12-13-29-16-4-2-1-3-5-16/h1-11H,12-13H2,(H,24,28). The molecule has 0 aliphatic carbocycles. The molecule has 0 saturated carbocycles. The molecule has 3 aromatic rings. The largest absolute Gasteiger partial charge is 0.492 e. The van der Waals surface area contributed by atoms with Gasteiger partial charge in [0.1, 0.15) is 18.1 Å². The number of hydrogen-bond acceptors (Lipinski definition) is 4. The van der Waals surface area contributed by atoms with Gasteiger partial charge < -0.3 is 10.1 Å². The lowest BCUT2D eigenvalue weighted by Crippen LogP contribution is -2.28. The van der Waals surface area contributed by atoms with Crippen LogP contribution in [0.3, 0.4) is 0 Å². The van der Waals surface area contributed by atoms with Crippen LogP contribution in [-0.2, 0) is 12.7 Å². The summed E-state index contributed by atoms with van der Waals surface area (Å²) in [6.45, 7) is 0.288. The minimum absolute atomic E-state index is 0.0517. The number of aromatic nitrogens is 2. The quantitative estimate of drug-likeness (QED) is 0.683. The summed E-state index contributed by atoms with van der Waals surface area (Å²) in [5, 5.41) is 6.44. The summed E-state index contributed by atoms with van der Waals surface area (Å²) in [6, 6.07) is 15.5. The molecule has 1 aromatic heterocycles. The molecule has 0 unspecified atom stereocenters. The molecular weight excluding hydrogens is 387 g/mol. The third-order valence-electron chi connectivity index (χ3n) is 3.88. The number of halogens is 3. The summed E-state index contributed by atoms with van der Waals surface area (Å²) < 4.78 is 44.4. The topological polar surface area (TPSA) is 73.2 Å². The zero-order valence-corrected chi connectivity index (χ0v) is 15.0. The Bertz CT molecular complexity index is 1030. The molecular formula is C20H16F3N3O3. The molecule has 0 bridgehead atoms. The van der Waals surface area contributed by atoms with E-state index in [2.05, 4.69) is 10.4 Å².